The van der Waals surface area contributed by atoms with Crippen molar-refractivity contribution in [2.45, 2.75) is 37.9 Å². The van der Waals surface area contributed by atoms with Crippen molar-refractivity contribution < 1.29 is 18.0 Å². The van der Waals surface area contributed by atoms with Crippen LogP contribution in [0.2, 0.25) is 0 Å². The summed E-state index contributed by atoms with van der Waals surface area (Å²) in [6.07, 6.45) is -0.290. The fourth-order valence-corrected chi connectivity index (χ4v) is 3.14. The van der Waals surface area contributed by atoms with Gasteiger partial charge in [-0.05, 0) is 26.4 Å². The van der Waals surface area contributed by atoms with E-state index < -0.39 is 12.7 Å². The number of piperazine rings is 1. The van der Waals surface area contributed by atoms with Crippen LogP contribution in [-0.4, -0.2) is 79.1 Å². The summed E-state index contributed by atoms with van der Waals surface area (Å²) in [6.45, 7) is 1.59. The highest BCUT2D eigenvalue weighted by Crippen LogP contribution is 2.20. The van der Waals surface area contributed by atoms with E-state index in [1.165, 1.54) is 11.3 Å². The first-order valence-electron chi connectivity index (χ1n) is 7.62. The Kier molecular flexibility index (Phi) is 5.48. The first-order valence-corrected chi connectivity index (χ1v) is 7.62. The number of hydrogen-bond acceptors (Lipinski definition) is 3. The van der Waals surface area contributed by atoms with Gasteiger partial charge in [0.15, 0.2) is 0 Å². The predicted octanol–water partition coefficient (Wildman–Crippen LogP) is 1.57. The van der Waals surface area contributed by atoms with Gasteiger partial charge in [-0.1, -0.05) is 6.42 Å². The van der Waals surface area contributed by atoms with Crippen LogP contribution in [0.25, 0.3) is 0 Å². The summed E-state index contributed by atoms with van der Waals surface area (Å²) in [5.41, 5.74) is 0. The Bertz CT molecular complexity index is 354. The van der Waals surface area contributed by atoms with E-state index in [2.05, 4.69) is 4.90 Å². The lowest BCUT2D eigenvalue weighted by atomic mass is 9.99. The molecule has 2 aliphatic heterocycles. The van der Waals surface area contributed by atoms with Crippen LogP contribution in [0.1, 0.15) is 25.7 Å². The molecule has 2 heterocycles. The highest BCUT2D eigenvalue weighted by Gasteiger charge is 2.33. The predicted molar refractivity (Wildman–Crippen MR) is 74.0 cm³/mol. The number of nitrogens with zero attached hydrogens (tertiary/aromatic N) is 3. The Morgan fingerprint density at radius 3 is 2.33 bits per heavy atom. The van der Waals surface area contributed by atoms with Crippen LogP contribution in [0.4, 0.5) is 13.2 Å². The summed E-state index contributed by atoms with van der Waals surface area (Å²) in [6, 6.07) is 0.291. The van der Waals surface area contributed by atoms with E-state index in [0.717, 1.165) is 19.4 Å². The van der Waals surface area contributed by atoms with Gasteiger partial charge < -0.3 is 9.80 Å². The van der Waals surface area contributed by atoms with Crippen molar-refractivity contribution >= 4 is 5.91 Å². The minimum Gasteiger partial charge on any atom is -0.340 e. The summed E-state index contributed by atoms with van der Waals surface area (Å²) in [5, 5.41) is 0. The Morgan fingerprint density at radius 1 is 1.10 bits per heavy atom. The quantitative estimate of drug-likeness (QED) is 0.792. The Balaban J connectivity index is 1.75. The maximum atomic E-state index is 12.3. The second kappa shape index (κ2) is 6.96. The Morgan fingerprint density at radius 2 is 1.76 bits per heavy atom. The molecule has 0 aromatic heterocycles. The van der Waals surface area contributed by atoms with Gasteiger partial charge in [0.05, 0.1) is 6.54 Å². The maximum absolute atomic E-state index is 12.3. The lowest BCUT2D eigenvalue weighted by molar-refractivity contribution is -0.152. The maximum Gasteiger partial charge on any atom is 0.401 e. The molecule has 2 saturated heterocycles. The highest BCUT2D eigenvalue weighted by atomic mass is 19.4. The molecule has 122 valence electrons. The lowest BCUT2D eigenvalue weighted by Gasteiger charge is -2.37. The molecule has 2 rings (SSSR count). The molecule has 1 unspecified atom stereocenters. The fraction of sp³-hybridized carbons (Fsp3) is 0.929. The molecule has 7 heteroatoms. The summed E-state index contributed by atoms with van der Waals surface area (Å²) >= 11 is 0. The molecule has 0 bridgehead atoms. The van der Waals surface area contributed by atoms with Gasteiger partial charge in [0, 0.05) is 38.6 Å². The van der Waals surface area contributed by atoms with E-state index in [4.69, 9.17) is 0 Å². The zero-order valence-electron chi connectivity index (χ0n) is 12.5. The van der Waals surface area contributed by atoms with Gasteiger partial charge in [0.25, 0.3) is 0 Å². The number of amides is 1. The third-order valence-electron chi connectivity index (χ3n) is 4.46. The third-order valence-corrected chi connectivity index (χ3v) is 4.46. The van der Waals surface area contributed by atoms with Crippen molar-refractivity contribution in [3.8, 4) is 0 Å². The molecular formula is C14H24F3N3O. The number of alkyl halides is 3. The zero-order valence-corrected chi connectivity index (χ0v) is 12.5. The number of carbonyl (C=O) groups excluding carboxylic acids is 1. The normalized spacial score (nSPS) is 26.1. The molecule has 0 N–H and O–H groups in total. The first-order chi connectivity index (χ1) is 9.85. The topological polar surface area (TPSA) is 26.8 Å². The Hall–Kier alpha value is -0.820. The smallest absolute Gasteiger partial charge is 0.340 e. The van der Waals surface area contributed by atoms with Gasteiger partial charge in [-0.15, -0.1) is 0 Å². The van der Waals surface area contributed by atoms with Crippen LogP contribution in [-0.2, 0) is 4.79 Å². The van der Waals surface area contributed by atoms with Crippen LogP contribution in [0.5, 0.6) is 0 Å². The van der Waals surface area contributed by atoms with Gasteiger partial charge in [-0.3, -0.25) is 9.69 Å². The van der Waals surface area contributed by atoms with Crippen LogP contribution in [0.3, 0.4) is 0 Å². The second-order valence-corrected chi connectivity index (χ2v) is 6.11. The van der Waals surface area contributed by atoms with Gasteiger partial charge in [0.2, 0.25) is 5.91 Å². The fourth-order valence-electron chi connectivity index (χ4n) is 3.14. The molecule has 0 radical (unpaired) electrons. The van der Waals surface area contributed by atoms with Crippen LogP contribution in [0, 0.1) is 0 Å². The van der Waals surface area contributed by atoms with Gasteiger partial charge >= 0.3 is 6.18 Å². The molecule has 0 saturated carbocycles. The molecule has 1 amide bonds. The van der Waals surface area contributed by atoms with Crippen molar-refractivity contribution in [3.05, 3.63) is 0 Å². The molecule has 21 heavy (non-hydrogen) atoms. The second-order valence-electron chi connectivity index (χ2n) is 6.11. The van der Waals surface area contributed by atoms with E-state index in [0.29, 0.717) is 38.6 Å². The third kappa shape index (κ3) is 5.14. The first kappa shape index (κ1) is 16.5. The lowest BCUT2D eigenvalue weighted by Crippen LogP contribution is -2.52. The van der Waals surface area contributed by atoms with Gasteiger partial charge in [0.1, 0.15) is 0 Å². The molecule has 0 aromatic rings. The number of likely N-dealkylation sites (tertiary alicyclic amines) is 1. The van der Waals surface area contributed by atoms with E-state index >= 15 is 0 Å². The highest BCUT2D eigenvalue weighted by molar-refractivity contribution is 5.77. The standard InChI is InChI=1S/C14H24F3N3O/c1-18-5-3-2-4-12(18)10-13(21)20-8-6-19(7-9-20)11-14(15,16)17/h12H,2-11H2,1H3. The SMILES string of the molecule is CN1CCCCC1CC(=O)N1CCN(CC(F)(F)F)CC1. The molecule has 0 spiro atoms. The van der Waals surface area contributed by atoms with Crippen LogP contribution < -0.4 is 0 Å². The van der Waals surface area contributed by atoms with E-state index in [9.17, 15) is 18.0 Å². The minimum absolute atomic E-state index is 0.0837. The molecule has 0 aliphatic carbocycles. The van der Waals surface area contributed by atoms with E-state index in [1.54, 1.807) is 4.90 Å². The van der Waals surface area contributed by atoms with E-state index in [1.807, 2.05) is 7.05 Å². The van der Waals surface area contributed by atoms with Crippen LogP contribution in [0.15, 0.2) is 0 Å². The van der Waals surface area contributed by atoms with Crippen molar-refractivity contribution in [2.75, 3.05) is 46.3 Å². The number of piperidine rings is 1. The zero-order chi connectivity index (χ0) is 15.5. The number of hydrogen-bond donors (Lipinski definition) is 0. The Labute approximate surface area is 123 Å². The molecule has 2 aliphatic rings. The summed E-state index contributed by atoms with van der Waals surface area (Å²) in [7, 11) is 2.04. The molecule has 1 atom stereocenters. The molecule has 4 nitrogen and oxygen atoms in total. The number of halogens is 3. The number of carbonyl (C=O) groups is 1. The monoisotopic (exact) mass is 307 g/mol. The average Bonchev–Trinajstić information content (AvgIpc) is 2.40. The largest absolute Gasteiger partial charge is 0.401 e. The van der Waals surface area contributed by atoms with Crippen LogP contribution >= 0.6 is 0 Å². The summed E-state index contributed by atoms with van der Waals surface area (Å²) < 4.78 is 37.0. The van der Waals surface area contributed by atoms with Gasteiger partial charge in [-0.25, -0.2) is 0 Å². The van der Waals surface area contributed by atoms with Crippen molar-refractivity contribution in [1.82, 2.24) is 14.7 Å². The van der Waals surface area contributed by atoms with Crippen molar-refractivity contribution in [2.24, 2.45) is 0 Å². The van der Waals surface area contributed by atoms with E-state index in [-0.39, 0.29) is 5.91 Å². The average molecular weight is 307 g/mol. The molecule has 0 aromatic carbocycles. The van der Waals surface area contributed by atoms with Gasteiger partial charge in [-0.2, -0.15) is 13.2 Å². The van der Waals surface area contributed by atoms with Crippen molar-refractivity contribution in [1.29, 1.82) is 0 Å². The number of rotatable bonds is 3. The minimum atomic E-state index is -4.16. The summed E-state index contributed by atoms with van der Waals surface area (Å²) in [5.74, 6) is 0.0837. The summed E-state index contributed by atoms with van der Waals surface area (Å²) in [4.78, 5) is 17.6. The molecular weight excluding hydrogens is 283 g/mol. The van der Waals surface area contributed by atoms with Crippen molar-refractivity contribution in [3.63, 3.8) is 0 Å². The molecule has 2 fully saturated rings.